The number of halogens is 3. The van der Waals surface area contributed by atoms with E-state index in [1.165, 1.54) is 31.4 Å². The van der Waals surface area contributed by atoms with Gasteiger partial charge < -0.3 is 4.74 Å². The molecule has 1 aromatic heterocycles. The largest absolute Gasteiger partial charge is 0.495 e. The van der Waals surface area contributed by atoms with E-state index in [1.54, 1.807) is 0 Å². The van der Waals surface area contributed by atoms with Gasteiger partial charge in [0.05, 0.1) is 7.11 Å². The van der Waals surface area contributed by atoms with Crippen LogP contribution in [0.15, 0.2) is 24.3 Å². The molecule has 2 rings (SSSR count). The summed E-state index contributed by atoms with van der Waals surface area (Å²) < 4.78 is 29.2. The quantitative estimate of drug-likeness (QED) is 0.877. The number of methoxy groups -OCH3 is 1. The number of rotatable bonds is 4. The third-order valence-corrected chi connectivity index (χ3v) is 4.51. The summed E-state index contributed by atoms with van der Waals surface area (Å²) >= 11 is 17.6. The van der Waals surface area contributed by atoms with Crippen molar-refractivity contribution in [3.05, 3.63) is 50.7 Å². The van der Waals surface area contributed by atoms with Crippen LogP contribution < -0.4 is 9.88 Å². The summed E-state index contributed by atoms with van der Waals surface area (Å²) in [5, 5.41) is 12.0. The lowest BCUT2D eigenvalue weighted by molar-refractivity contribution is 0.405. The lowest BCUT2D eigenvalue weighted by Gasteiger charge is -2.17. The van der Waals surface area contributed by atoms with Gasteiger partial charge in [0.1, 0.15) is 16.7 Å². The van der Waals surface area contributed by atoms with Gasteiger partial charge in [-0.25, -0.2) is 13.6 Å². The van der Waals surface area contributed by atoms with Crippen LogP contribution in [0.4, 0.5) is 0 Å². The summed E-state index contributed by atoms with van der Waals surface area (Å²) in [6.07, 6.45) is 0. The first-order chi connectivity index (χ1) is 10.2. The SMILES string of the molecule is COc1cc(Cl)nnc1C(c1cc(Cl)cc(Cl)c1)S(N)(=O)=O. The van der Waals surface area contributed by atoms with E-state index < -0.39 is 15.3 Å². The minimum atomic E-state index is -4.09. The molecule has 2 aromatic rings. The Bertz CT molecular complexity index is 794. The molecule has 0 spiro atoms. The minimum Gasteiger partial charge on any atom is -0.495 e. The Balaban J connectivity index is 2.72. The molecule has 1 heterocycles. The highest BCUT2D eigenvalue weighted by atomic mass is 35.5. The highest BCUT2D eigenvalue weighted by molar-refractivity contribution is 7.89. The van der Waals surface area contributed by atoms with Crippen LogP contribution in [0.1, 0.15) is 16.5 Å². The van der Waals surface area contributed by atoms with Crippen molar-refractivity contribution in [2.24, 2.45) is 5.14 Å². The number of hydrogen-bond donors (Lipinski definition) is 1. The molecular weight excluding hydrogens is 373 g/mol. The van der Waals surface area contributed by atoms with Crippen molar-refractivity contribution < 1.29 is 13.2 Å². The Labute approximate surface area is 142 Å². The zero-order valence-corrected chi connectivity index (χ0v) is 14.2. The molecule has 1 atom stereocenters. The van der Waals surface area contributed by atoms with Crippen molar-refractivity contribution in [3.8, 4) is 5.75 Å². The van der Waals surface area contributed by atoms with Crippen LogP contribution in [0.5, 0.6) is 5.75 Å². The van der Waals surface area contributed by atoms with E-state index in [1.807, 2.05) is 0 Å². The fourth-order valence-electron chi connectivity index (χ4n) is 1.94. The maximum Gasteiger partial charge on any atom is 0.222 e. The van der Waals surface area contributed by atoms with Crippen LogP contribution in [0, 0.1) is 0 Å². The lowest BCUT2D eigenvalue weighted by Crippen LogP contribution is -2.24. The molecule has 0 aliphatic carbocycles. The van der Waals surface area contributed by atoms with Crippen LogP contribution in [0.25, 0.3) is 0 Å². The lowest BCUT2D eigenvalue weighted by atomic mass is 10.1. The van der Waals surface area contributed by atoms with Crippen molar-refractivity contribution in [2.45, 2.75) is 5.25 Å². The topological polar surface area (TPSA) is 95.2 Å². The zero-order valence-electron chi connectivity index (χ0n) is 11.1. The second kappa shape index (κ2) is 6.55. The third kappa shape index (κ3) is 3.80. The van der Waals surface area contributed by atoms with Crippen LogP contribution in [-0.4, -0.2) is 25.7 Å². The van der Waals surface area contributed by atoms with Gasteiger partial charge in [0.25, 0.3) is 0 Å². The number of sulfonamides is 1. The van der Waals surface area contributed by atoms with E-state index in [0.29, 0.717) is 0 Å². The highest BCUT2D eigenvalue weighted by Gasteiger charge is 2.31. The Morgan fingerprint density at radius 3 is 2.18 bits per heavy atom. The van der Waals surface area contributed by atoms with Crippen molar-refractivity contribution in [1.82, 2.24) is 10.2 Å². The van der Waals surface area contributed by atoms with Crippen LogP contribution in [0.2, 0.25) is 15.2 Å². The normalized spacial score (nSPS) is 13.0. The van der Waals surface area contributed by atoms with E-state index in [4.69, 9.17) is 44.7 Å². The fourth-order valence-corrected chi connectivity index (χ4v) is 3.61. The van der Waals surface area contributed by atoms with E-state index in [0.717, 1.165) is 0 Å². The average molecular weight is 383 g/mol. The van der Waals surface area contributed by atoms with Crippen molar-refractivity contribution in [3.63, 3.8) is 0 Å². The van der Waals surface area contributed by atoms with Gasteiger partial charge in [-0.15, -0.1) is 10.2 Å². The number of primary sulfonamides is 1. The number of benzene rings is 1. The van der Waals surface area contributed by atoms with Gasteiger partial charge >= 0.3 is 0 Å². The Morgan fingerprint density at radius 2 is 1.68 bits per heavy atom. The number of nitrogens with two attached hydrogens (primary N) is 1. The van der Waals surface area contributed by atoms with Gasteiger partial charge in [-0.2, -0.15) is 0 Å². The molecule has 0 radical (unpaired) electrons. The number of ether oxygens (including phenoxy) is 1. The van der Waals surface area contributed by atoms with Gasteiger partial charge in [-0.3, -0.25) is 0 Å². The summed E-state index contributed by atoms with van der Waals surface area (Å²) in [5.41, 5.74) is 0.239. The van der Waals surface area contributed by atoms with Crippen molar-refractivity contribution >= 4 is 44.8 Å². The van der Waals surface area contributed by atoms with E-state index >= 15 is 0 Å². The summed E-state index contributed by atoms with van der Waals surface area (Å²) in [4.78, 5) is 0. The molecule has 1 aromatic carbocycles. The number of nitrogens with zero attached hydrogens (tertiary/aromatic N) is 2. The van der Waals surface area contributed by atoms with Crippen molar-refractivity contribution in [1.29, 1.82) is 0 Å². The highest BCUT2D eigenvalue weighted by Crippen LogP contribution is 2.36. The molecule has 1 unspecified atom stereocenters. The molecule has 0 fully saturated rings. The van der Waals surface area contributed by atoms with E-state index in [9.17, 15) is 8.42 Å². The van der Waals surface area contributed by atoms with Crippen LogP contribution >= 0.6 is 34.8 Å². The number of aromatic nitrogens is 2. The second-order valence-electron chi connectivity index (χ2n) is 4.29. The molecule has 2 N–H and O–H groups in total. The summed E-state index contributed by atoms with van der Waals surface area (Å²) in [6, 6.07) is 5.67. The Kier molecular flexibility index (Phi) is 5.14. The van der Waals surface area contributed by atoms with Gasteiger partial charge in [-0.05, 0) is 23.8 Å². The monoisotopic (exact) mass is 381 g/mol. The van der Waals surface area contributed by atoms with Crippen molar-refractivity contribution in [2.75, 3.05) is 7.11 Å². The molecule has 0 bridgehead atoms. The first kappa shape index (κ1) is 17.2. The summed E-state index contributed by atoms with van der Waals surface area (Å²) in [5.74, 6) is 0.134. The summed E-state index contributed by atoms with van der Waals surface area (Å²) in [6.45, 7) is 0. The standard InChI is InChI=1S/C12H10Cl3N3O3S/c1-21-9-5-10(15)17-18-11(9)12(22(16,19)20)6-2-7(13)4-8(14)3-6/h2-5,12H,1H3,(H2,16,19,20). The average Bonchev–Trinajstić information content (AvgIpc) is 2.38. The fraction of sp³-hybridized carbons (Fsp3) is 0.167. The molecule has 0 aliphatic rings. The maximum absolute atomic E-state index is 12.0. The smallest absolute Gasteiger partial charge is 0.222 e. The van der Waals surface area contributed by atoms with Crippen LogP contribution in [-0.2, 0) is 10.0 Å². The van der Waals surface area contributed by atoms with Gasteiger partial charge in [-0.1, -0.05) is 34.8 Å². The Morgan fingerprint density at radius 1 is 1.09 bits per heavy atom. The van der Waals surface area contributed by atoms with Gasteiger partial charge in [0, 0.05) is 16.1 Å². The molecule has 22 heavy (non-hydrogen) atoms. The van der Waals surface area contributed by atoms with E-state index in [-0.39, 0.29) is 32.2 Å². The molecule has 0 amide bonds. The molecule has 118 valence electrons. The first-order valence-corrected chi connectivity index (χ1v) is 8.51. The first-order valence-electron chi connectivity index (χ1n) is 5.77. The predicted octanol–water partition coefficient (Wildman–Crippen LogP) is 2.82. The molecule has 0 saturated heterocycles. The van der Waals surface area contributed by atoms with Gasteiger partial charge in [0.2, 0.25) is 10.0 Å². The number of hydrogen-bond acceptors (Lipinski definition) is 5. The maximum atomic E-state index is 12.0. The third-order valence-electron chi connectivity index (χ3n) is 2.74. The van der Waals surface area contributed by atoms with Crippen LogP contribution in [0.3, 0.4) is 0 Å². The zero-order chi connectivity index (χ0) is 16.5. The molecule has 6 nitrogen and oxygen atoms in total. The predicted molar refractivity (Wildman–Crippen MR) is 85.0 cm³/mol. The van der Waals surface area contributed by atoms with E-state index in [2.05, 4.69) is 10.2 Å². The second-order valence-corrected chi connectivity index (χ2v) is 7.20. The molecule has 0 saturated carbocycles. The minimum absolute atomic E-state index is 0.00673. The Hall–Kier alpha value is -1.12. The van der Waals surface area contributed by atoms with Gasteiger partial charge in [0.15, 0.2) is 5.15 Å². The summed E-state index contributed by atoms with van der Waals surface area (Å²) in [7, 11) is -2.74. The molecular formula is C12H10Cl3N3O3S. The molecule has 10 heteroatoms. The molecule has 0 aliphatic heterocycles.